The fraction of sp³-hybridized carbons (Fsp3) is 0.733. The first kappa shape index (κ1) is 16.2. The topological polar surface area (TPSA) is 61.8 Å². The molecule has 0 amide bonds. The summed E-state index contributed by atoms with van der Waals surface area (Å²) in [6.45, 7) is 10.6. The van der Waals surface area contributed by atoms with E-state index in [2.05, 4.69) is 33.9 Å². The molecular formula is C15H24O5Si. The highest BCUT2D eigenvalue weighted by Crippen LogP contribution is 2.46. The van der Waals surface area contributed by atoms with Crippen molar-refractivity contribution in [2.45, 2.75) is 57.5 Å². The molecule has 1 aliphatic carbocycles. The molecule has 0 aromatic rings. The van der Waals surface area contributed by atoms with E-state index in [1.807, 2.05) is 0 Å². The maximum Gasteiger partial charge on any atom is 0.330 e. The van der Waals surface area contributed by atoms with E-state index in [0.29, 0.717) is 6.42 Å². The summed E-state index contributed by atoms with van der Waals surface area (Å²) in [4.78, 5) is 24.5. The summed E-state index contributed by atoms with van der Waals surface area (Å²) in [5.74, 6) is -1.16. The third kappa shape index (κ3) is 2.44. The summed E-state index contributed by atoms with van der Waals surface area (Å²) >= 11 is 0. The van der Waals surface area contributed by atoms with E-state index < -0.39 is 31.8 Å². The Morgan fingerprint density at radius 1 is 1.43 bits per heavy atom. The largest absolute Gasteiger partial charge is 0.468 e. The van der Waals surface area contributed by atoms with Gasteiger partial charge in [0.15, 0.2) is 8.32 Å². The number of hydrogen-bond acceptors (Lipinski definition) is 5. The quantitative estimate of drug-likeness (QED) is 0.347. The number of rotatable bonds is 3. The molecule has 3 unspecified atom stereocenters. The lowest BCUT2D eigenvalue weighted by atomic mass is 9.73. The van der Waals surface area contributed by atoms with Crippen LogP contribution in [0.2, 0.25) is 18.1 Å². The molecule has 0 N–H and O–H groups in total. The van der Waals surface area contributed by atoms with E-state index in [-0.39, 0.29) is 11.1 Å². The SMILES string of the molecule is COC(=O)C12C=CC(CC1O[Si](C)(C)C(C)(C)C)OC2=O. The molecule has 118 valence electrons. The number of carbonyl (C=O) groups excluding carboxylic acids is 2. The highest BCUT2D eigenvalue weighted by atomic mass is 28.4. The van der Waals surface area contributed by atoms with Gasteiger partial charge in [-0.3, -0.25) is 9.59 Å². The van der Waals surface area contributed by atoms with Gasteiger partial charge in [-0.25, -0.2) is 0 Å². The molecule has 2 aliphatic heterocycles. The molecule has 1 fully saturated rings. The standard InChI is InChI=1S/C15H24O5Si/c1-14(2,3)21(5,6)20-11-9-10-7-8-15(11,12(16)18-4)13(17)19-10/h7-8,10-11H,9H2,1-6H3. The van der Waals surface area contributed by atoms with Crippen LogP contribution in [0, 0.1) is 5.41 Å². The van der Waals surface area contributed by atoms with Gasteiger partial charge in [0.25, 0.3) is 0 Å². The fourth-order valence-electron chi connectivity index (χ4n) is 2.49. The van der Waals surface area contributed by atoms with Crippen LogP contribution in [0.3, 0.4) is 0 Å². The minimum atomic E-state index is -2.11. The van der Waals surface area contributed by atoms with Gasteiger partial charge < -0.3 is 13.9 Å². The van der Waals surface area contributed by atoms with Gasteiger partial charge in [0, 0.05) is 6.42 Å². The summed E-state index contributed by atoms with van der Waals surface area (Å²) in [6, 6.07) is 0. The van der Waals surface area contributed by atoms with Crippen molar-refractivity contribution >= 4 is 20.3 Å². The maximum atomic E-state index is 12.3. The second-order valence-electron chi connectivity index (χ2n) is 7.27. The lowest BCUT2D eigenvalue weighted by Crippen LogP contribution is -2.61. The van der Waals surface area contributed by atoms with E-state index in [1.54, 1.807) is 12.2 Å². The third-order valence-electron chi connectivity index (χ3n) is 4.89. The van der Waals surface area contributed by atoms with Crippen LogP contribution in [0.4, 0.5) is 0 Å². The van der Waals surface area contributed by atoms with Crippen molar-refractivity contribution < 1.29 is 23.5 Å². The summed E-state index contributed by atoms with van der Waals surface area (Å²) in [6.07, 6.45) is 3.05. The third-order valence-corrected chi connectivity index (χ3v) is 9.38. The first-order valence-electron chi connectivity index (χ1n) is 7.21. The maximum absolute atomic E-state index is 12.3. The van der Waals surface area contributed by atoms with E-state index >= 15 is 0 Å². The Labute approximate surface area is 126 Å². The number of hydrogen-bond donors (Lipinski definition) is 0. The van der Waals surface area contributed by atoms with Crippen LogP contribution in [-0.2, 0) is 23.5 Å². The first-order valence-corrected chi connectivity index (χ1v) is 10.1. The number of ether oxygens (including phenoxy) is 2. The molecule has 0 aromatic heterocycles. The van der Waals surface area contributed by atoms with Crippen molar-refractivity contribution in [2.24, 2.45) is 5.41 Å². The van der Waals surface area contributed by atoms with E-state index in [4.69, 9.17) is 13.9 Å². The molecule has 0 aromatic carbocycles. The zero-order chi connectivity index (χ0) is 16.1. The molecule has 5 nitrogen and oxygen atoms in total. The number of esters is 2. The van der Waals surface area contributed by atoms with Gasteiger partial charge in [0.2, 0.25) is 5.41 Å². The Morgan fingerprint density at radius 2 is 2.05 bits per heavy atom. The van der Waals surface area contributed by atoms with Crippen LogP contribution < -0.4 is 0 Å². The fourth-order valence-corrected chi connectivity index (χ4v) is 3.84. The molecule has 21 heavy (non-hydrogen) atoms. The van der Waals surface area contributed by atoms with Gasteiger partial charge in [-0.2, -0.15) is 0 Å². The van der Waals surface area contributed by atoms with Gasteiger partial charge in [0.1, 0.15) is 6.10 Å². The Bertz CT molecular complexity index is 491. The Kier molecular flexibility index (Phi) is 3.83. The van der Waals surface area contributed by atoms with Gasteiger partial charge in [-0.15, -0.1) is 0 Å². The van der Waals surface area contributed by atoms with Gasteiger partial charge in [0.05, 0.1) is 13.2 Å². The summed E-state index contributed by atoms with van der Waals surface area (Å²) in [7, 11) is -0.834. The minimum absolute atomic E-state index is 0.00534. The summed E-state index contributed by atoms with van der Waals surface area (Å²) in [5, 5.41) is -0.00534. The Balaban J connectivity index is 2.38. The van der Waals surface area contributed by atoms with E-state index in [1.165, 1.54) is 7.11 Å². The second kappa shape index (κ2) is 4.95. The molecule has 0 radical (unpaired) electrons. The van der Waals surface area contributed by atoms with Crippen molar-refractivity contribution in [1.29, 1.82) is 0 Å². The minimum Gasteiger partial charge on any atom is -0.468 e. The predicted molar refractivity (Wildman–Crippen MR) is 80.2 cm³/mol. The smallest absolute Gasteiger partial charge is 0.330 e. The van der Waals surface area contributed by atoms with E-state index in [0.717, 1.165) is 0 Å². The summed E-state index contributed by atoms with van der Waals surface area (Å²) in [5.41, 5.74) is -1.45. The van der Waals surface area contributed by atoms with Crippen LogP contribution in [0.15, 0.2) is 12.2 Å². The first-order chi connectivity index (χ1) is 9.54. The molecule has 3 rings (SSSR count). The van der Waals surface area contributed by atoms with E-state index in [9.17, 15) is 9.59 Å². The Morgan fingerprint density at radius 3 is 2.52 bits per heavy atom. The lowest BCUT2D eigenvalue weighted by Gasteiger charge is -2.48. The predicted octanol–water partition coefficient (Wildman–Crippen LogP) is 2.42. The van der Waals surface area contributed by atoms with Crippen molar-refractivity contribution in [2.75, 3.05) is 7.11 Å². The number of carbonyl (C=O) groups is 2. The highest BCUT2D eigenvalue weighted by Gasteiger charge is 2.61. The second-order valence-corrected chi connectivity index (χ2v) is 12.0. The molecule has 6 heteroatoms. The van der Waals surface area contributed by atoms with Gasteiger partial charge in [-0.05, 0) is 24.2 Å². The van der Waals surface area contributed by atoms with Crippen LogP contribution in [0.25, 0.3) is 0 Å². The zero-order valence-corrected chi connectivity index (χ0v) is 14.6. The monoisotopic (exact) mass is 312 g/mol. The van der Waals surface area contributed by atoms with Crippen LogP contribution in [0.1, 0.15) is 27.2 Å². The molecular weight excluding hydrogens is 288 g/mol. The highest BCUT2D eigenvalue weighted by molar-refractivity contribution is 6.74. The van der Waals surface area contributed by atoms with Crippen LogP contribution in [0.5, 0.6) is 0 Å². The Hall–Kier alpha value is -1.14. The van der Waals surface area contributed by atoms with Crippen molar-refractivity contribution in [3.8, 4) is 0 Å². The average molecular weight is 312 g/mol. The van der Waals surface area contributed by atoms with Crippen LogP contribution in [-0.4, -0.2) is 39.6 Å². The summed E-state index contributed by atoms with van der Waals surface area (Å²) < 4.78 is 16.5. The molecule has 3 aliphatic rings. The van der Waals surface area contributed by atoms with Crippen LogP contribution >= 0.6 is 0 Å². The van der Waals surface area contributed by atoms with Crippen molar-refractivity contribution in [3.63, 3.8) is 0 Å². The molecule has 3 atom stereocenters. The van der Waals surface area contributed by atoms with Crippen molar-refractivity contribution in [1.82, 2.24) is 0 Å². The zero-order valence-electron chi connectivity index (χ0n) is 13.6. The number of fused-ring (bicyclic) bond motifs is 2. The number of methoxy groups -OCH3 is 1. The molecule has 0 spiro atoms. The van der Waals surface area contributed by atoms with Gasteiger partial charge >= 0.3 is 11.9 Å². The lowest BCUT2D eigenvalue weighted by molar-refractivity contribution is -0.188. The molecule has 2 heterocycles. The average Bonchev–Trinajstić information content (AvgIpc) is 2.36. The molecule has 1 saturated heterocycles. The molecule has 2 bridgehead atoms. The van der Waals surface area contributed by atoms with Gasteiger partial charge in [-0.1, -0.05) is 26.8 Å². The molecule has 0 saturated carbocycles. The van der Waals surface area contributed by atoms with Crippen molar-refractivity contribution in [3.05, 3.63) is 12.2 Å². The normalized spacial score (nSPS) is 32.0.